The summed E-state index contributed by atoms with van der Waals surface area (Å²) in [5.41, 5.74) is 2.35. The minimum Gasteiger partial charge on any atom is -0.334 e. The monoisotopic (exact) mass is 308 g/mol. The highest BCUT2D eigenvalue weighted by molar-refractivity contribution is 5.76. The van der Waals surface area contributed by atoms with Crippen molar-refractivity contribution in [2.75, 3.05) is 6.54 Å². The highest BCUT2D eigenvalue weighted by Crippen LogP contribution is 2.18. The van der Waals surface area contributed by atoms with Crippen molar-refractivity contribution in [3.63, 3.8) is 0 Å². The minimum absolute atomic E-state index is 0.214. The Labute approximate surface area is 138 Å². The van der Waals surface area contributed by atoms with Crippen LogP contribution < -0.4 is 5.32 Å². The van der Waals surface area contributed by atoms with Crippen molar-refractivity contribution in [1.82, 2.24) is 10.2 Å². The van der Waals surface area contributed by atoms with Crippen LogP contribution in [0.25, 0.3) is 0 Å². The number of hydrogen-bond donors (Lipinski definition) is 1. The van der Waals surface area contributed by atoms with E-state index in [4.69, 9.17) is 0 Å². The third-order valence-electron chi connectivity index (χ3n) is 4.13. The fraction of sp³-hybridized carbons (Fsp3) is 0.350. The summed E-state index contributed by atoms with van der Waals surface area (Å²) in [6.07, 6.45) is 3.08. The molecule has 0 unspecified atom stereocenters. The van der Waals surface area contributed by atoms with Gasteiger partial charge in [-0.05, 0) is 24.0 Å². The lowest BCUT2D eigenvalue weighted by atomic mass is 10.1. The van der Waals surface area contributed by atoms with E-state index < -0.39 is 0 Å². The minimum atomic E-state index is 0.214. The van der Waals surface area contributed by atoms with Crippen LogP contribution in [0.15, 0.2) is 60.7 Å². The van der Waals surface area contributed by atoms with Gasteiger partial charge >= 0.3 is 0 Å². The van der Waals surface area contributed by atoms with Crippen LogP contribution >= 0.6 is 0 Å². The summed E-state index contributed by atoms with van der Waals surface area (Å²) < 4.78 is 0. The lowest BCUT2D eigenvalue weighted by Gasteiger charge is -2.23. The molecule has 0 radical (unpaired) electrons. The van der Waals surface area contributed by atoms with E-state index >= 15 is 0 Å². The van der Waals surface area contributed by atoms with Crippen molar-refractivity contribution < 1.29 is 4.79 Å². The van der Waals surface area contributed by atoms with Gasteiger partial charge in [0.25, 0.3) is 0 Å². The van der Waals surface area contributed by atoms with E-state index in [2.05, 4.69) is 29.6 Å². The number of nitrogens with one attached hydrogen (secondary N) is 1. The fourth-order valence-corrected chi connectivity index (χ4v) is 2.67. The van der Waals surface area contributed by atoms with Crippen molar-refractivity contribution in [3.05, 3.63) is 71.8 Å². The van der Waals surface area contributed by atoms with Crippen LogP contribution in [0.5, 0.6) is 0 Å². The van der Waals surface area contributed by atoms with E-state index in [9.17, 15) is 4.79 Å². The largest absolute Gasteiger partial charge is 0.334 e. The van der Waals surface area contributed by atoms with Crippen LogP contribution in [0.2, 0.25) is 0 Å². The molecule has 0 aromatic heterocycles. The average molecular weight is 308 g/mol. The summed E-state index contributed by atoms with van der Waals surface area (Å²) in [5, 5.41) is 3.42. The molecule has 23 heavy (non-hydrogen) atoms. The molecule has 2 aromatic carbocycles. The molecule has 0 heterocycles. The third kappa shape index (κ3) is 5.22. The molecule has 3 heteroatoms. The molecule has 2 aromatic rings. The SMILES string of the molecule is O=C(CCNC1CC1)N(Cc1ccccc1)Cc1ccccc1. The Kier molecular flexibility index (Phi) is 5.43. The van der Waals surface area contributed by atoms with E-state index in [0.717, 1.165) is 6.54 Å². The second kappa shape index (κ2) is 7.93. The van der Waals surface area contributed by atoms with Crippen molar-refractivity contribution >= 4 is 5.91 Å². The number of benzene rings is 2. The summed E-state index contributed by atoms with van der Waals surface area (Å²) in [6, 6.07) is 21.1. The standard InChI is InChI=1S/C20H24N2O/c23-20(13-14-21-19-11-12-19)22(15-17-7-3-1-4-8-17)16-18-9-5-2-6-10-18/h1-10,19,21H,11-16H2. The summed E-state index contributed by atoms with van der Waals surface area (Å²) in [4.78, 5) is 14.6. The van der Waals surface area contributed by atoms with Crippen molar-refractivity contribution in [3.8, 4) is 0 Å². The van der Waals surface area contributed by atoms with Gasteiger partial charge in [-0.25, -0.2) is 0 Å². The van der Waals surface area contributed by atoms with Gasteiger partial charge in [0.15, 0.2) is 0 Å². The molecule has 1 fully saturated rings. The molecule has 1 N–H and O–H groups in total. The Hall–Kier alpha value is -2.13. The van der Waals surface area contributed by atoms with E-state index in [1.165, 1.54) is 24.0 Å². The molecule has 0 saturated heterocycles. The number of carbonyl (C=O) groups excluding carboxylic acids is 1. The van der Waals surface area contributed by atoms with Crippen molar-refractivity contribution in [2.45, 2.75) is 38.4 Å². The number of nitrogens with zero attached hydrogens (tertiary/aromatic N) is 1. The van der Waals surface area contributed by atoms with Crippen LogP contribution in [0.4, 0.5) is 0 Å². The van der Waals surface area contributed by atoms with Crippen molar-refractivity contribution in [1.29, 1.82) is 0 Å². The topological polar surface area (TPSA) is 32.3 Å². The highest BCUT2D eigenvalue weighted by Gasteiger charge is 2.21. The first-order chi connectivity index (χ1) is 11.3. The maximum Gasteiger partial charge on any atom is 0.224 e. The zero-order valence-electron chi connectivity index (χ0n) is 13.4. The van der Waals surface area contributed by atoms with E-state index in [0.29, 0.717) is 25.6 Å². The smallest absolute Gasteiger partial charge is 0.224 e. The van der Waals surface area contributed by atoms with Crippen LogP contribution in [-0.4, -0.2) is 23.4 Å². The molecule has 1 saturated carbocycles. The van der Waals surface area contributed by atoms with Gasteiger partial charge in [0.1, 0.15) is 0 Å². The molecule has 1 amide bonds. The number of amides is 1. The molecule has 3 nitrogen and oxygen atoms in total. The predicted molar refractivity (Wildman–Crippen MR) is 92.8 cm³/mol. The Morgan fingerprint density at radius 1 is 0.913 bits per heavy atom. The maximum absolute atomic E-state index is 12.6. The maximum atomic E-state index is 12.6. The van der Waals surface area contributed by atoms with Crippen molar-refractivity contribution in [2.24, 2.45) is 0 Å². The number of carbonyl (C=O) groups is 1. The molecule has 0 atom stereocenters. The van der Waals surface area contributed by atoms with E-state index in [-0.39, 0.29) is 5.91 Å². The van der Waals surface area contributed by atoms with Gasteiger partial charge < -0.3 is 10.2 Å². The Balaban J connectivity index is 1.62. The summed E-state index contributed by atoms with van der Waals surface area (Å²) in [5.74, 6) is 0.214. The first kappa shape index (κ1) is 15.8. The van der Waals surface area contributed by atoms with Gasteiger partial charge in [-0.1, -0.05) is 60.7 Å². The quantitative estimate of drug-likeness (QED) is 0.811. The van der Waals surface area contributed by atoms with Crippen LogP contribution in [0.1, 0.15) is 30.4 Å². The summed E-state index contributed by atoms with van der Waals surface area (Å²) in [6.45, 7) is 2.11. The number of hydrogen-bond acceptors (Lipinski definition) is 2. The fourth-order valence-electron chi connectivity index (χ4n) is 2.67. The van der Waals surface area contributed by atoms with Gasteiger partial charge in [-0.3, -0.25) is 4.79 Å². The predicted octanol–water partition coefficient (Wildman–Crippen LogP) is 3.36. The van der Waals surface area contributed by atoms with E-state index in [1.54, 1.807) is 0 Å². The highest BCUT2D eigenvalue weighted by atomic mass is 16.2. The van der Waals surface area contributed by atoms with Crippen LogP contribution in [0.3, 0.4) is 0 Å². The average Bonchev–Trinajstić information content (AvgIpc) is 3.40. The second-order valence-corrected chi connectivity index (χ2v) is 6.20. The van der Waals surface area contributed by atoms with E-state index in [1.807, 2.05) is 41.3 Å². The third-order valence-corrected chi connectivity index (χ3v) is 4.13. The van der Waals surface area contributed by atoms with Crippen LogP contribution in [0, 0.1) is 0 Å². The van der Waals surface area contributed by atoms with Gasteiger partial charge in [0, 0.05) is 32.1 Å². The Morgan fingerprint density at radius 2 is 1.43 bits per heavy atom. The summed E-state index contributed by atoms with van der Waals surface area (Å²) in [7, 11) is 0. The van der Waals surface area contributed by atoms with Gasteiger partial charge in [-0.2, -0.15) is 0 Å². The molecule has 0 bridgehead atoms. The molecule has 0 spiro atoms. The normalized spacial score (nSPS) is 13.7. The molecule has 0 aliphatic heterocycles. The molecule has 3 rings (SSSR count). The number of rotatable bonds is 8. The summed E-state index contributed by atoms with van der Waals surface area (Å²) >= 11 is 0. The van der Waals surface area contributed by atoms with Gasteiger partial charge in [-0.15, -0.1) is 0 Å². The molecule has 1 aliphatic rings. The molecular weight excluding hydrogens is 284 g/mol. The first-order valence-electron chi connectivity index (χ1n) is 8.40. The lowest BCUT2D eigenvalue weighted by molar-refractivity contribution is -0.132. The molecular formula is C20H24N2O. The molecule has 120 valence electrons. The first-order valence-corrected chi connectivity index (χ1v) is 8.40. The van der Waals surface area contributed by atoms with Gasteiger partial charge in [0.2, 0.25) is 5.91 Å². The van der Waals surface area contributed by atoms with Gasteiger partial charge in [0.05, 0.1) is 0 Å². The Morgan fingerprint density at radius 3 is 1.91 bits per heavy atom. The zero-order chi connectivity index (χ0) is 15.9. The molecule has 1 aliphatic carbocycles. The second-order valence-electron chi connectivity index (χ2n) is 6.20. The lowest BCUT2D eigenvalue weighted by Crippen LogP contribution is -2.32. The Bertz CT molecular complexity index is 567. The zero-order valence-corrected chi connectivity index (χ0v) is 13.4. The van der Waals surface area contributed by atoms with Crippen LogP contribution in [-0.2, 0) is 17.9 Å².